The van der Waals surface area contributed by atoms with Crippen LogP contribution in [0.4, 0.5) is 0 Å². The summed E-state index contributed by atoms with van der Waals surface area (Å²) >= 11 is 0. The minimum Gasteiger partial charge on any atom is -0.393 e. The van der Waals surface area contributed by atoms with Gasteiger partial charge in [0.05, 0.1) is 6.10 Å². The zero-order chi connectivity index (χ0) is 9.78. The van der Waals surface area contributed by atoms with Crippen LogP contribution in [0.15, 0.2) is 0 Å². The first-order valence-electron chi connectivity index (χ1n) is 5.07. The first-order chi connectivity index (χ1) is 5.39. The highest BCUT2D eigenvalue weighted by Crippen LogP contribution is 2.32. The average molecular weight is 172 g/mol. The Kier molecular flexibility index (Phi) is 4.84. The van der Waals surface area contributed by atoms with E-state index < -0.39 is 0 Å². The van der Waals surface area contributed by atoms with Gasteiger partial charge in [0.25, 0.3) is 0 Å². The van der Waals surface area contributed by atoms with Gasteiger partial charge in [0.1, 0.15) is 0 Å². The molecule has 0 amide bonds. The normalized spacial score (nSPS) is 17.5. The van der Waals surface area contributed by atoms with Crippen LogP contribution in [0, 0.1) is 11.3 Å². The lowest BCUT2D eigenvalue weighted by Gasteiger charge is -2.33. The fourth-order valence-electron chi connectivity index (χ4n) is 1.82. The Morgan fingerprint density at radius 1 is 1.25 bits per heavy atom. The number of rotatable bonds is 4. The molecule has 0 aliphatic heterocycles. The van der Waals surface area contributed by atoms with Gasteiger partial charge in [0, 0.05) is 0 Å². The molecule has 0 aliphatic rings. The molecule has 0 saturated carbocycles. The Hall–Kier alpha value is -0.0400. The SMILES string of the molecule is CCCCC(C(C)O)C(C)(C)C. The summed E-state index contributed by atoms with van der Waals surface area (Å²) in [7, 11) is 0. The topological polar surface area (TPSA) is 20.2 Å². The lowest BCUT2D eigenvalue weighted by molar-refractivity contribution is 0.0490. The van der Waals surface area contributed by atoms with Crippen molar-refractivity contribution in [2.75, 3.05) is 0 Å². The average Bonchev–Trinajstić information content (AvgIpc) is 1.84. The molecule has 0 aromatic heterocycles. The third kappa shape index (κ3) is 4.10. The highest BCUT2D eigenvalue weighted by Gasteiger charge is 2.27. The number of aliphatic hydroxyl groups is 1. The molecule has 0 radical (unpaired) electrons. The van der Waals surface area contributed by atoms with Gasteiger partial charge >= 0.3 is 0 Å². The van der Waals surface area contributed by atoms with E-state index in [4.69, 9.17) is 0 Å². The Morgan fingerprint density at radius 2 is 1.75 bits per heavy atom. The highest BCUT2D eigenvalue weighted by atomic mass is 16.3. The van der Waals surface area contributed by atoms with Gasteiger partial charge in [-0.15, -0.1) is 0 Å². The second kappa shape index (κ2) is 4.86. The van der Waals surface area contributed by atoms with Crippen LogP contribution in [0.25, 0.3) is 0 Å². The summed E-state index contributed by atoms with van der Waals surface area (Å²) < 4.78 is 0. The van der Waals surface area contributed by atoms with Crippen LogP contribution in [-0.2, 0) is 0 Å². The predicted molar refractivity (Wildman–Crippen MR) is 54.2 cm³/mol. The van der Waals surface area contributed by atoms with Crippen molar-refractivity contribution in [3.05, 3.63) is 0 Å². The molecule has 0 heterocycles. The van der Waals surface area contributed by atoms with E-state index in [-0.39, 0.29) is 11.5 Å². The molecule has 1 nitrogen and oxygen atoms in total. The molecule has 0 aromatic carbocycles. The summed E-state index contributed by atoms with van der Waals surface area (Å²) in [5.41, 5.74) is 0.239. The minimum absolute atomic E-state index is 0.170. The Balaban J connectivity index is 4.05. The molecule has 0 spiro atoms. The van der Waals surface area contributed by atoms with Crippen LogP contribution < -0.4 is 0 Å². The molecule has 0 aromatic rings. The van der Waals surface area contributed by atoms with E-state index in [0.717, 1.165) is 6.42 Å². The molecular formula is C11H24O. The molecule has 0 aliphatic carbocycles. The summed E-state index contributed by atoms with van der Waals surface area (Å²) in [5.74, 6) is 0.442. The quantitative estimate of drug-likeness (QED) is 0.690. The minimum atomic E-state index is -0.170. The number of hydrogen-bond donors (Lipinski definition) is 1. The molecule has 74 valence electrons. The van der Waals surface area contributed by atoms with Crippen molar-refractivity contribution >= 4 is 0 Å². The molecule has 12 heavy (non-hydrogen) atoms. The van der Waals surface area contributed by atoms with Gasteiger partial charge in [-0.3, -0.25) is 0 Å². The lowest BCUT2D eigenvalue weighted by Crippen LogP contribution is -2.30. The maximum Gasteiger partial charge on any atom is 0.0545 e. The van der Waals surface area contributed by atoms with Gasteiger partial charge in [-0.05, 0) is 24.7 Å². The van der Waals surface area contributed by atoms with Gasteiger partial charge in [-0.2, -0.15) is 0 Å². The maximum atomic E-state index is 9.57. The largest absolute Gasteiger partial charge is 0.393 e. The first-order valence-corrected chi connectivity index (χ1v) is 5.07. The Bertz CT molecular complexity index is 111. The molecule has 0 saturated heterocycles. The van der Waals surface area contributed by atoms with Crippen molar-refractivity contribution in [2.24, 2.45) is 11.3 Å². The Labute approximate surface area is 77.2 Å². The van der Waals surface area contributed by atoms with Gasteiger partial charge in [0.2, 0.25) is 0 Å². The summed E-state index contributed by atoms with van der Waals surface area (Å²) in [6.07, 6.45) is 3.43. The van der Waals surface area contributed by atoms with Crippen molar-refractivity contribution in [1.29, 1.82) is 0 Å². The van der Waals surface area contributed by atoms with E-state index in [9.17, 15) is 5.11 Å². The van der Waals surface area contributed by atoms with Crippen molar-refractivity contribution in [1.82, 2.24) is 0 Å². The van der Waals surface area contributed by atoms with Crippen LogP contribution in [0.1, 0.15) is 53.9 Å². The van der Waals surface area contributed by atoms with Crippen molar-refractivity contribution in [3.63, 3.8) is 0 Å². The van der Waals surface area contributed by atoms with E-state index in [0.29, 0.717) is 5.92 Å². The van der Waals surface area contributed by atoms with Crippen molar-refractivity contribution < 1.29 is 5.11 Å². The molecule has 1 heteroatoms. The number of unbranched alkanes of at least 4 members (excludes halogenated alkanes) is 1. The second-order valence-electron chi connectivity index (χ2n) is 4.86. The van der Waals surface area contributed by atoms with E-state index >= 15 is 0 Å². The molecule has 1 N–H and O–H groups in total. The van der Waals surface area contributed by atoms with Gasteiger partial charge in [-0.25, -0.2) is 0 Å². The first kappa shape index (κ1) is 12.0. The van der Waals surface area contributed by atoms with E-state index in [1.165, 1.54) is 12.8 Å². The summed E-state index contributed by atoms with van der Waals surface area (Å²) in [6, 6.07) is 0. The monoisotopic (exact) mass is 172 g/mol. The molecule has 0 rings (SSSR count). The summed E-state index contributed by atoms with van der Waals surface area (Å²) in [4.78, 5) is 0. The summed E-state index contributed by atoms with van der Waals surface area (Å²) in [5, 5.41) is 9.57. The smallest absolute Gasteiger partial charge is 0.0545 e. The van der Waals surface area contributed by atoms with Crippen LogP contribution >= 0.6 is 0 Å². The predicted octanol–water partition coefficient (Wildman–Crippen LogP) is 3.22. The van der Waals surface area contributed by atoms with Gasteiger partial charge in [-0.1, -0.05) is 40.5 Å². The zero-order valence-electron chi connectivity index (χ0n) is 9.22. The van der Waals surface area contributed by atoms with Crippen molar-refractivity contribution in [2.45, 2.75) is 60.0 Å². The lowest BCUT2D eigenvalue weighted by atomic mass is 9.75. The van der Waals surface area contributed by atoms with Gasteiger partial charge in [0.15, 0.2) is 0 Å². The maximum absolute atomic E-state index is 9.57. The third-order valence-corrected chi connectivity index (χ3v) is 2.56. The van der Waals surface area contributed by atoms with Crippen LogP contribution in [0.3, 0.4) is 0 Å². The van der Waals surface area contributed by atoms with E-state index in [1.807, 2.05) is 6.92 Å². The summed E-state index contributed by atoms with van der Waals surface area (Å²) in [6.45, 7) is 10.7. The molecule has 2 unspecified atom stereocenters. The molecule has 2 atom stereocenters. The fraction of sp³-hybridized carbons (Fsp3) is 1.00. The van der Waals surface area contributed by atoms with Crippen LogP contribution in [-0.4, -0.2) is 11.2 Å². The van der Waals surface area contributed by atoms with Crippen molar-refractivity contribution in [3.8, 4) is 0 Å². The second-order valence-corrected chi connectivity index (χ2v) is 4.86. The highest BCUT2D eigenvalue weighted by molar-refractivity contribution is 4.77. The molecule has 0 bridgehead atoms. The molecule has 0 fully saturated rings. The van der Waals surface area contributed by atoms with Crippen LogP contribution in [0.2, 0.25) is 0 Å². The molecular weight excluding hydrogens is 148 g/mol. The Morgan fingerprint density at radius 3 is 2.00 bits per heavy atom. The number of aliphatic hydroxyl groups excluding tert-OH is 1. The van der Waals surface area contributed by atoms with E-state index in [1.54, 1.807) is 0 Å². The van der Waals surface area contributed by atoms with Crippen LogP contribution in [0.5, 0.6) is 0 Å². The van der Waals surface area contributed by atoms with E-state index in [2.05, 4.69) is 27.7 Å². The standard InChI is InChI=1S/C11H24O/c1-6-7-8-10(9(2)12)11(3,4)5/h9-10,12H,6-8H2,1-5H3. The fourth-order valence-corrected chi connectivity index (χ4v) is 1.82. The number of hydrogen-bond acceptors (Lipinski definition) is 1. The third-order valence-electron chi connectivity index (χ3n) is 2.56. The van der Waals surface area contributed by atoms with Gasteiger partial charge < -0.3 is 5.11 Å². The zero-order valence-corrected chi connectivity index (χ0v) is 9.22.